The Kier molecular flexibility index (Phi) is 8.03. The Balaban J connectivity index is 0.00000280. The second kappa shape index (κ2) is 9.85. The van der Waals surface area contributed by atoms with Crippen molar-refractivity contribution >= 4 is 29.6 Å². The third kappa shape index (κ3) is 4.26. The van der Waals surface area contributed by atoms with E-state index in [1.807, 2.05) is 6.07 Å². The van der Waals surface area contributed by atoms with E-state index in [1.165, 1.54) is 11.1 Å². The van der Waals surface area contributed by atoms with E-state index in [-0.39, 0.29) is 27.1 Å². The van der Waals surface area contributed by atoms with Crippen molar-refractivity contribution < 1.29 is 4.74 Å². The Morgan fingerprint density at radius 3 is 1.50 bits per heavy atom. The molecule has 0 saturated heterocycles. The molecule has 0 aromatic heterocycles. The van der Waals surface area contributed by atoms with E-state index in [0.717, 1.165) is 5.56 Å². The maximum Gasteiger partial charge on any atom is 0.121 e. The van der Waals surface area contributed by atoms with E-state index in [1.54, 1.807) is 0 Å². The van der Waals surface area contributed by atoms with Gasteiger partial charge in [-0.25, -0.2) is 0 Å². The average molecular weight is 429 g/mol. The molecule has 0 amide bonds. The molecule has 2 unspecified atom stereocenters. The quantitative estimate of drug-likeness (QED) is 0.227. The fourth-order valence-corrected chi connectivity index (χ4v) is 7.52. The molecule has 0 bridgehead atoms. The van der Waals surface area contributed by atoms with Crippen LogP contribution < -0.4 is 0 Å². The summed E-state index contributed by atoms with van der Waals surface area (Å²) in [6.07, 6.45) is -0.160. The first kappa shape index (κ1) is 22.8. The molecule has 28 heavy (non-hydrogen) atoms. The van der Waals surface area contributed by atoms with Gasteiger partial charge in [-0.1, -0.05) is 122 Å². The monoisotopic (exact) mass is 428 g/mol. The summed E-state index contributed by atoms with van der Waals surface area (Å²) in [6.45, 7) is 7.25. The van der Waals surface area contributed by atoms with Gasteiger partial charge in [0.15, 0.2) is 0 Å². The molecule has 3 aromatic carbocycles. The molecule has 0 aliphatic carbocycles. The van der Waals surface area contributed by atoms with Crippen LogP contribution in [0.3, 0.4) is 0 Å². The van der Waals surface area contributed by atoms with Crippen LogP contribution in [0.15, 0.2) is 91.0 Å². The molecule has 4 heteroatoms. The summed E-state index contributed by atoms with van der Waals surface area (Å²) in [4.78, 5) is 0. The van der Waals surface area contributed by atoms with Crippen molar-refractivity contribution in [3.05, 3.63) is 108 Å². The molecule has 0 radical (unpaired) electrons. The van der Waals surface area contributed by atoms with Crippen LogP contribution in [-0.2, 0) is 9.78 Å². The lowest BCUT2D eigenvalue weighted by atomic mass is 9.82. The molecule has 0 N–H and O–H groups in total. The van der Waals surface area contributed by atoms with Gasteiger partial charge in [-0.15, -0.1) is 0 Å². The molecule has 0 aliphatic heterocycles. The van der Waals surface area contributed by atoms with E-state index in [9.17, 15) is 0 Å². The summed E-state index contributed by atoms with van der Waals surface area (Å²) < 4.78 is 6.33. The zero-order chi connectivity index (χ0) is 19.3. The first-order chi connectivity index (χ1) is 13.0. The normalized spacial score (nSPS) is 12.9. The number of alkyl halides is 1. The van der Waals surface area contributed by atoms with E-state index in [2.05, 4.69) is 105 Å². The van der Waals surface area contributed by atoms with Crippen LogP contribution in [-0.4, -0.2) is 14.1 Å². The van der Waals surface area contributed by atoms with Crippen LogP contribution in [0.25, 0.3) is 0 Å². The summed E-state index contributed by atoms with van der Waals surface area (Å²) >= 11 is 6.17. The van der Waals surface area contributed by atoms with Gasteiger partial charge < -0.3 is 4.74 Å². The number of hydrogen-bond donors (Lipinski definition) is 0. The number of ether oxygens (including phenoxy) is 1. The van der Waals surface area contributed by atoms with Gasteiger partial charge >= 0.3 is 0 Å². The molecule has 0 saturated carbocycles. The maximum atomic E-state index is 6.33. The molecule has 0 fully saturated rings. The predicted molar refractivity (Wildman–Crippen MR) is 129 cm³/mol. The fraction of sp³-hybridized carbons (Fsp3) is 0.250. The number of hydrogen-bond acceptors (Lipinski definition) is 1. The Hall–Kier alpha value is -1.44. The minimum absolute atomic E-state index is 0. The van der Waals surface area contributed by atoms with E-state index in [4.69, 9.17) is 16.3 Å². The minimum atomic E-state index is -1.89. The zero-order valence-electron chi connectivity index (χ0n) is 16.9. The Morgan fingerprint density at radius 2 is 1.14 bits per heavy atom. The van der Waals surface area contributed by atoms with Crippen molar-refractivity contribution in [3.63, 3.8) is 0 Å². The lowest BCUT2D eigenvalue weighted by Crippen LogP contribution is -2.55. The molecule has 1 nitrogen and oxygen atoms in total. The first-order valence-electron chi connectivity index (χ1n) is 9.35. The second-order valence-corrected chi connectivity index (χ2v) is 13.4. The van der Waals surface area contributed by atoms with E-state index in [0.29, 0.717) is 0 Å². The highest BCUT2D eigenvalue weighted by Crippen LogP contribution is 2.51. The van der Waals surface area contributed by atoms with Gasteiger partial charge in [0.2, 0.25) is 0 Å². The summed E-state index contributed by atoms with van der Waals surface area (Å²) in [5.74, 6) is 0. The smallest absolute Gasteiger partial charge is 0.121 e. The van der Waals surface area contributed by atoms with Gasteiger partial charge in [0.25, 0.3) is 0 Å². The molecular weight excluding hydrogens is 399 g/mol. The van der Waals surface area contributed by atoms with Gasteiger partial charge in [-0.05, 0) is 16.7 Å². The largest absolute Gasteiger partial charge is 0.357 e. The van der Waals surface area contributed by atoms with E-state index >= 15 is 0 Å². The van der Waals surface area contributed by atoms with Crippen LogP contribution in [0, 0.1) is 0 Å². The van der Waals surface area contributed by atoms with Gasteiger partial charge in [0.05, 0.1) is 14.2 Å². The second-order valence-electron chi connectivity index (χ2n) is 7.86. The van der Waals surface area contributed by atoms with Gasteiger partial charge in [-0.3, -0.25) is 0 Å². The molecule has 2 atom stereocenters. The van der Waals surface area contributed by atoms with Crippen LogP contribution in [0.1, 0.15) is 22.8 Å². The Morgan fingerprint density at radius 1 is 0.750 bits per heavy atom. The number of halogens is 1. The molecule has 0 aliphatic rings. The molecular formula is C24H30ClOPSi. The molecule has 0 heterocycles. The molecule has 0 spiro atoms. The topological polar surface area (TPSA) is 9.23 Å². The average Bonchev–Trinajstić information content (AvgIpc) is 2.69. The fourth-order valence-electron chi connectivity index (χ4n) is 4.29. The first-order valence-corrected chi connectivity index (χ1v) is 13.4. The number of benzene rings is 3. The highest BCUT2D eigenvalue weighted by molar-refractivity contribution is 6.92. The van der Waals surface area contributed by atoms with Crippen molar-refractivity contribution in [2.45, 2.75) is 30.8 Å². The van der Waals surface area contributed by atoms with Crippen LogP contribution in [0.5, 0.6) is 0 Å². The van der Waals surface area contributed by atoms with Crippen molar-refractivity contribution in [1.29, 1.82) is 0 Å². The van der Waals surface area contributed by atoms with Crippen molar-refractivity contribution in [1.82, 2.24) is 0 Å². The maximum absolute atomic E-state index is 6.33. The standard InChI is InChI=1S/C24H27ClOSi.H3P/c1-27(2,3)24(21-15-9-5-10-16-21,22-17-11-6-12-18-22)23(26-19-25)20-13-7-4-8-14-20;/h4-18,23H,19H2,1-3H3;1H3. The summed E-state index contributed by atoms with van der Waals surface area (Å²) in [6, 6.07) is 32.2. The summed E-state index contributed by atoms with van der Waals surface area (Å²) in [7, 11) is -1.89. The Bertz CT molecular complexity index is 795. The van der Waals surface area contributed by atoms with Crippen LogP contribution in [0.4, 0.5) is 0 Å². The van der Waals surface area contributed by atoms with Crippen LogP contribution >= 0.6 is 21.5 Å². The van der Waals surface area contributed by atoms with Gasteiger partial charge in [0, 0.05) is 5.04 Å². The number of rotatable bonds is 7. The lowest BCUT2D eigenvalue weighted by Gasteiger charge is -2.50. The summed E-state index contributed by atoms with van der Waals surface area (Å²) in [5, 5.41) is -0.272. The zero-order valence-corrected chi connectivity index (χ0v) is 20.1. The third-order valence-corrected chi connectivity index (χ3v) is 8.70. The van der Waals surface area contributed by atoms with Crippen molar-refractivity contribution in [3.8, 4) is 0 Å². The van der Waals surface area contributed by atoms with Crippen molar-refractivity contribution in [2.75, 3.05) is 6.07 Å². The van der Waals surface area contributed by atoms with Crippen molar-refractivity contribution in [2.24, 2.45) is 0 Å². The highest BCUT2D eigenvalue weighted by Gasteiger charge is 2.53. The van der Waals surface area contributed by atoms with Gasteiger partial charge in [0.1, 0.15) is 6.07 Å². The molecule has 3 rings (SSSR count). The molecule has 3 aromatic rings. The van der Waals surface area contributed by atoms with Crippen LogP contribution in [0.2, 0.25) is 19.6 Å². The SMILES string of the molecule is C[Si](C)(C)C(c1ccccc1)(c1ccccc1)C(OCCl)c1ccccc1.P. The minimum Gasteiger partial charge on any atom is -0.357 e. The Labute approximate surface area is 178 Å². The lowest BCUT2D eigenvalue weighted by molar-refractivity contribution is 0.0578. The molecule has 148 valence electrons. The van der Waals surface area contributed by atoms with E-state index < -0.39 is 8.07 Å². The predicted octanol–water partition coefficient (Wildman–Crippen LogP) is 6.86. The highest BCUT2D eigenvalue weighted by atomic mass is 35.5. The van der Waals surface area contributed by atoms with Gasteiger partial charge in [-0.2, -0.15) is 9.90 Å². The summed E-state index contributed by atoms with van der Waals surface area (Å²) in [5.41, 5.74) is 3.73. The third-order valence-electron chi connectivity index (χ3n) is 5.37.